The topological polar surface area (TPSA) is 78.7 Å². The number of nitriles is 1. The molecule has 28 heavy (non-hydrogen) atoms. The number of nitrogens with one attached hydrogen (secondary N) is 1. The highest BCUT2D eigenvalue weighted by Crippen LogP contribution is 2.29. The van der Waals surface area contributed by atoms with Crippen LogP contribution in [0.4, 0.5) is 5.13 Å². The first-order chi connectivity index (χ1) is 13.5. The molecule has 0 bridgehead atoms. The van der Waals surface area contributed by atoms with Crippen molar-refractivity contribution < 1.29 is 4.79 Å². The first kappa shape index (κ1) is 20.1. The predicted octanol–water partition coefficient (Wildman–Crippen LogP) is 5.32. The number of nitrogens with zero attached hydrogens (tertiary/aromatic N) is 3. The molecule has 0 fully saturated rings. The Bertz CT molecular complexity index is 1010. The van der Waals surface area contributed by atoms with E-state index in [1.54, 1.807) is 13.0 Å². The first-order valence-electron chi connectivity index (χ1n) is 8.87. The van der Waals surface area contributed by atoms with Gasteiger partial charge in [-0.2, -0.15) is 5.26 Å². The summed E-state index contributed by atoms with van der Waals surface area (Å²) < 4.78 is 0. The molecule has 2 heterocycles. The van der Waals surface area contributed by atoms with E-state index in [0.29, 0.717) is 15.7 Å². The van der Waals surface area contributed by atoms with Crippen LogP contribution in [0, 0.1) is 11.3 Å². The molecule has 2 aromatic heterocycles. The number of pyridine rings is 1. The van der Waals surface area contributed by atoms with E-state index in [1.165, 1.54) is 23.1 Å². The van der Waals surface area contributed by atoms with Crippen molar-refractivity contribution in [1.29, 1.82) is 5.26 Å². The van der Waals surface area contributed by atoms with Gasteiger partial charge in [0.15, 0.2) is 5.13 Å². The SMILES string of the molecule is CC(Sc1nc(C(C)C)ccc1C#N)C(=O)Nc1nc(-c2ccccc2)cs1. The van der Waals surface area contributed by atoms with Crippen molar-refractivity contribution in [1.82, 2.24) is 9.97 Å². The number of carbonyl (C=O) groups is 1. The third kappa shape index (κ3) is 4.77. The van der Waals surface area contributed by atoms with Gasteiger partial charge in [-0.3, -0.25) is 4.79 Å². The summed E-state index contributed by atoms with van der Waals surface area (Å²) in [6, 6.07) is 15.6. The van der Waals surface area contributed by atoms with Crippen molar-refractivity contribution in [3.8, 4) is 17.3 Å². The Kier molecular flexibility index (Phi) is 6.45. The van der Waals surface area contributed by atoms with E-state index in [0.717, 1.165) is 17.0 Å². The van der Waals surface area contributed by atoms with E-state index < -0.39 is 5.25 Å². The minimum absolute atomic E-state index is 0.167. The summed E-state index contributed by atoms with van der Waals surface area (Å²) >= 11 is 2.68. The number of carbonyl (C=O) groups excluding carboxylic acids is 1. The molecular weight excluding hydrogens is 388 g/mol. The molecule has 3 rings (SSSR count). The van der Waals surface area contributed by atoms with E-state index in [2.05, 4.69) is 21.4 Å². The summed E-state index contributed by atoms with van der Waals surface area (Å²) in [7, 11) is 0. The Morgan fingerprint density at radius 1 is 1.14 bits per heavy atom. The normalized spacial score (nSPS) is 11.8. The van der Waals surface area contributed by atoms with Crippen molar-refractivity contribution in [2.45, 2.75) is 37.0 Å². The van der Waals surface area contributed by atoms with Crippen molar-refractivity contribution in [3.05, 3.63) is 59.1 Å². The average Bonchev–Trinajstić information content (AvgIpc) is 3.17. The van der Waals surface area contributed by atoms with Crippen LogP contribution in [0.25, 0.3) is 11.3 Å². The molecule has 0 saturated heterocycles. The molecule has 142 valence electrons. The molecule has 5 nitrogen and oxygen atoms in total. The molecule has 0 aliphatic heterocycles. The second-order valence-corrected chi connectivity index (χ2v) is 8.70. The van der Waals surface area contributed by atoms with E-state index >= 15 is 0 Å². The van der Waals surface area contributed by atoms with Crippen molar-refractivity contribution in [3.63, 3.8) is 0 Å². The largest absolute Gasteiger partial charge is 0.301 e. The van der Waals surface area contributed by atoms with Gasteiger partial charge in [0, 0.05) is 16.6 Å². The highest BCUT2D eigenvalue weighted by Gasteiger charge is 2.19. The van der Waals surface area contributed by atoms with Gasteiger partial charge >= 0.3 is 0 Å². The van der Waals surface area contributed by atoms with Crippen molar-refractivity contribution in [2.24, 2.45) is 0 Å². The predicted molar refractivity (Wildman–Crippen MR) is 115 cm³/mol. The Morgan fingerprint density at radius 2 is 1.89 bits per heavy atom. The van der Waals surface area contributed by atoms with Crippen molar-refractivity contribution in [2.75, 3.05) is 5.32 Å². The number of aromatic nitrogens is 2. The Hall–Kier alpha value is -2.69. The second-order valence-electron chi connectivity index (χ2n) is 6.51. The van der Waals surface area contributed by atoms with Crippen LogP contribution in [0.2, 0.25) is 0 Å². The van der Waals surface area contributed by atoms with E-state index in [1.807, 2.05) is 55.6 Å². The molecule has 1 amide bonds. The van der Waals surface area contributed by atoms with Crippen molar-refractivity contribution >= 4 is 34.1 Å². The maximum Gasteiger partial charge on any atom is 0.239 e. The monoisotopic (exact) mass is 408 g/mol. The van der Waals surface area contributed by atoms with Crippen LogP contribution >= 0.6 is 23.1 Å². The van der Waals surface area contributed by atoms with E-state index in [4.69, 9.17) is 0 Å². The Labute approximate surface area is 172 Å². The maximum atomic E-state index is 12.6. The number of thiazole rings is 1. The lowest BCUT2D eigenvalue weighted by molar-refractivity contribution is -0.115. The maximum absolute atomic E-state index is 12.6. The van der Waals surface area contributed by atoms with Gasteiger partial charge in [0.2, 0.25) is 5.91 Å². The molecule has 1 atom stereocenters. The molecule has 3 aromatic rings. The summed E-state index contributed by atoms with van der Waals surface area (Å²) in [5.41, 5.74) is 3.23. The van der Waals surface area contributed by atoms with Gasteiger partial charge in [-0.1, -0.05) is 55.9 Å². The number of rotatable bonds is 6. The standard InChI is InChI=1S/C21H20N4OS2/c1-13(2)17-10-9-16(11-22)20(23-17)28-14(3)19(26)25-21-24-18(12-27-21)15-7-5-4-6-8-15/h4-10,12-14H,1-3H3,(H,24,25,26). The minimum Gasteiger partial charge on any atom is -0.301 e. The molecule has 7 heteroatoms. The molecule has 1 aromatic carbocycles. The summed E-state index contributed by atoms with van der Waals surface area (Å²) in [5, 5.41) is 14.8. The zero-order valence-electron chi connectivity index (χ0n) is 15.8. The highest BCUT2D eigenvalue weighted by atomic mass is 32.2. The smallest absolute Gasteiger partial charge is 0.239 e. The number of anilines is 1. The van der Waals surface area contributed by atoms with Crippen LogP contribution in [-0.2, 0) is 4.79 Å². The van der Waals surface area contributed by atoms with E-state index in [-0.39, 0.29) is 11.8 Å². The summed E-state index contributed by atoms with van der Waals surface area (Å²) in [6.45, 7) is 5.90. The van der Waals surface area contributed by atoms with Gasteiger partial charge in [-0.05, 0) is 25.0 Å². The van der Waals surface area contributed by atoms with Gasteiger partial charge in [0.25, 0.3) is 0 Å². The third-order valence-electron chi connectivity index (χ3n) is 4.06. The first-order valence-corrected chi connectivity index (χ1v) is 10.6. The zero-order valence-corrected chi connectivity index (χ0v) is 17.5. The molecule has 0 radical (unpaired) electrons. The van der Waals surface area contributed by atoms with Crippen LogP contribution in [0.1, 0.15) is 37.9 Å². The molecule has 0 spiro atoms. The molecule has 1 N–H and O–H groups in total. The lowest BCUT2D eigenvalue weighted by Gasteiger charge is -2.13. The Morgan fingerprint density at radius 3 is 2.57 bits per heavy atom. The lowest BCUT2D eigenvalue weighted by atomic mass is 10.1. The highest BCUT2D eigenvalue weighted by molar-refractivity contribution is 8.00. The quantitative estimate of drug-likeness (QED) is 0.559. The third-order valence-corrected chi connectivity index (χ3v) is 5.92. The van der Waals surface area contributed by atoms with Gasteiger partial charge in [0.05, 0.1) is 16.5 Å². The average molecular weight is 409 g/mol. The van der Waals surface area contributed by atoms with E-state index in [9.17, 15) is 10.1 Å². The summed E-state index contributed by atoms with van der Waals surface area (Å²) in [6.07, 6.45) is 0. The number of thioether (sulfide) groups is 1. The number of hydrogen-bond acceptors (Lipinski definition) is 6. The van der Waals surface area contributed by atoms with Crippen LogP contribution < -0.4 is 5.32 Å². The fourth-order valence-electron chi connectivity index (χ4n) is 2.45. The number of hydrogen-bond donors (Lipinski definition) is 1. The van der Waals surface area contributed by atoms with Gasteiger partial charge in [-0.15, -0.1) is 11.3 Å². The lowest BCUT2D eigenvalue weighted by Crippen LogP contribution is -2.22. The fraction of sp³-hybridized carbons (Fsp3) is 0.238. The van der Waals surface area contributed by atoms with Crippen LogP contribution in [0.15, 0.2) is 52.9 Å². The van der Waals surface area contributed by atoms with Gasteiger partial charge < -0.3 is 5.32 Å². The molecule has 0 aliphatic carbocycles. The molecule has 1 unspecified atom stereocenters. The number of benzene rings is 1. The van der Waals surface area contributed by atoms with Crippen LogP contribution in [0.3, 0.4) is 0 Å². The van der Waals surface area contributed by atoms with Gasteiger partial charge in [0.1, 0.15) is 11.1 Å². The fourth-order valence-corrected chi connectivity index (χ4v) is 4.07. The number of amides is 1. The van der Waals surface area contributed by atoms with Crippen LogP contribution in [-0.4, -0.2) is 21.1 Å². The zero-order chi connectivity index (χ0) is 20.1. The molecule has 0 saturated carbocycles. The Balaban J connectivity index is 1.70. The summed E-state index contributed by atoms with van der Waals surface area (Å²) in [4.78, 5) is 21.7. The molecule has 0 aliphatic rings. The van der Waals surface area contributed by atoms with Crippen LogP contribution in [0.5, 0.6) is 0 Å². The van der Waals surface area contributed by atoms with Gasteiger partial charge in [-0.25, -0.2) is 9.97 Å². The summed E-state index contributed by atoms with van der Waals surface area (Å²) in [5.74, 6) is 0.0857. The second kappa shape index (κ2) is 9.00. The minimum atomic E-state index is -0.411. The molecular formula is C21H20N4OS2.